The quantitative estimate of drug-likeness (QED) is 0.572. The van der Waals surface area contributed by atoms with Crippen LogP contribution < -0.4 is 5.32 Å². The molecule has 2 atom stereocenters. The van der Waals surface area contributed by atoms with Gasteiger partial charge in [-0.3, -0.25) is 14.4 Å². The summed E-state index contributed by atoms with van der Waals surface area (Å²) in [6.07, 6.45) is 2.54. The Morgan fingerprint density at radius 1 is 1.16 bits per heavy atom. The lowest BCUT2D eigenvalue weighted by Gasteiger charge is -2.46. The second-order valence-electron chi connectivity index (χ2n) is 7.11. The molecule has 1 aliphatic rings. The summed E-state index contributed by atoms with van der Waals surface area (Å²) in [5.41, 5.74) is 1.74. The molecule has 0 aliphatic carbocycles. The number of hydrogen-bond acceptors (Lipinski definition) is 6. The minimum atomic E-state index is -0.436. The van der Waals surface area contributed by atoms with Crippen molar-refractivity contribution in [3.05, 3.63) is 53.6 Å². The summed E-state index contributed by atoms with van der Waals surface area (Å²) in [4.78, 5) is 52.5. The number of carbonyl (C=O) groups is 3. The molecule has 0 aromatic carbocycles. The Morgan fingerprint density at radius 3 is 2.52 bits per heavy atom. The van der Waals surface area contributed by atoms with Gasteiger partial charge >= 0.3 is 0 Å². The van der Waals surface area contributed by atoms with E-state index in [1.54, 1.807) is 21.9 Å². The molecule has 1 N–H and O–H groups in total. The van der Waals surface area contributed by atoms with Crippen molar-refractivity contribution in [3.63, 3.8) is 0 Å². The van der Waals surface area contributed by atoms with Crippen molar-refractivity contribution in [1.29, 1.82) is 0 Å². The molecule has 3 heterocycles. The fraction of sp³-hybridized carbons (Fsp3) is 0.333. The third-order valence-electron chi connectivity index (χ3n) is 5.28. The molecule has 3 amide bonds. The Labute approximate surface area is 185 Å². The van der Waals surface area contributed by atoms with Crippen molar-refractivity contribution in [1.82, 2.24) is 30.1 Å². The molecule has 1 aliphatic heterocycles. The van der Waals surface area contributed by atoms with Crippen LogP contribution in [0.4, 0.5) is 0 Å². The third-order valence-corrected chi connectivity index (χ3v) is 5.47. The zero-order chi connectivity index (χ0) is 22.7. The third kappa shape index (κ3) is 4.56. The maximum Gasteiger partial charge on any atom is 0.269 e. The van der Waals surface area contributed by atoms with Crippen LogP contribution in [0.1, 0.15) is 35.9 Å². The topological polar surface area (TPSA) is 108 Å². The van der Waals surface area contributed by atoms with Gasteiger partial charge in [-0.25, -0.2) is 15.0 Å². The average Bonchev–Trinajstić information content (AvgIpc) is 2.77. The summed E-state index contributed by atoms with van der Waals surface area (Å²) in [5, 5.41) is 2.72. The molecule has 0 bridgehead atoms. The minimum Gasteiger partial charge on any atom is -0.354 e. The highest BCUT2D eigenvalue weighted by molar-refractivity contribution is 6.29. The van der Waals surface area contributed by atoms with Gasteiger partial charge in [0.25, 0.3) is 5.91 Å². The normalized spacial score (nSPS) is 18.5. The molecule has 162 valence electrons. The minimum absolute atomic E-state index is 0.110. The van der Waals surface area contributed by atoms with Crippen LogP contribution >= 0.6 is 11.6 Å². The SMILES string of the molecule is C=CC(=O)N1CCN(C(C)=O)[C@H](c2cc(Cl)nc(-c3cc(C(=O)NC)ncn3)c2)[C@H]1C. The number of rotatable bonds is 4. The van der Waals surface area contributed by atoms with Crippen molar-refractivity contribution >= 4 is 29.3 Å². The maximum atomic E-state index is 12.4. The van der Waals surface area contributed by atoms with Crippen LogP contribution in [0.15, 0.2) is 37.2 Å². The molecule has 3 rings (SSSR count). The molecule has 1 saturated heterocycles. The first-order valence-corrected chi connectivity index (χ1v) is 10.1. The standard InChI is InChI=1S/C21H23ClN6O3/c1-5-19(30)27-6-7-28(13(3)29)20(12(27)2)14-8-16(26-18(22)9-14)15-10-17(21(31)23-4)25-11-24-15/h5,8-12,20H,1,6-7H2,2-4H3,(H,23,31)/t12-,20+/m1/s1. The van der Waals surface area contributed by atoms with Gasteiger partial charge in [0.15, 0.2) is 0 Å². The zero-order valence-electron chi connectivity index (χ0n) is 17.5. The zero-order valence-corrected chi connectivity index (χ0v) is 18.3. The van der Waals surface area contributed by atoms with Crippen LogP contribution in [0.25, 0.3) is 11.4 Å². The molecule has 31 heavy (non-hydrogen) atoms. The Morgan fingerprint density at radius 2 is 1.87 bits per heavy atom. The van der Waals surface area contributed by atoms with Crippen molar-refractivity contribution in [3.8, 4) is 11.4 Å². The second-order valence-corrected chi connectivity index (χ2v) is 7.50. The molecule has 9 nitrogen and oxygen atoms in total. The number of hydrogen-bond donors (Lipinski definition) is 1. The average molecular weight is 443 g/mol. The van der Waals surface area contributed by atoms with Gasteiger partial charge in [0.2, 0.25) is 11.8 Å². The van der Waals surface area contributed by atoms with Crippen LogP contribution in [0.2, 0.25) is 5.15 Å². The summed E-state index contributed by atoms with van der Waals surface area (Å²) in [7, 11) is 1.51. The summed E-state index contributed by atoms with van der Waals surface area (Å²) >= 11 is 6.32. The number of amides is 3. The Balaban J connectivity index is 2.08. The first kappa shape index (κ1) is 22.4. The van der Waals surface area contributed by atoms with E-state index in [2.05, 4.69) is 26.8 Å². The molecular weight excluding hydrogens is 420 g/mol. The number of pyridine rings is 1. The van der Waals surface area contributed by atoms with Crippen molar-refractivity contribution in [2.45, 2.75) is 25.9 Å². The van der Waals surface area contributed by atoms with Crippen LogP contribution in [0, 0.1) is 0 Å². The van der Waals surface area contributed by atoms with Gasteiger partial charge in [-0.15, -0.1) is 0 Å². The van der Waals surface area contributed by atoms with E-state index >= 15 is 0 Å². The lowest BCUT2D eigenvalue weighted by atomic mass is 9.94. The Kier molecular flexibility index (Phi) is 6.65. The smallest absolute Gasteiger partial charge is 0.269 e. The number of piperazine rings is 1. The van der Waals surface area contributed by atoms with E-state index in [9.17, 15) is 14.4 Å². The van der Waals surface area contributed by atoms with E-state index in [4.69, 9.17) is 11.6 Å². The second kappa shape index (κ2) is 9.22. The van der Waals surface area contributed by atoms with Gasteiger partial charge in [0.05, 0.1) is 23.5 Å². The van der Waals surface area contributed by atoms with E-state index in [-0.39, 0.29) is 34.6 Å². The predicted molar refractivity (Wildman–Crippen MR) is 115 cm³/mol. The van der Waals surface area contributed by atoms with E-state index < -0.39 is 6.04 Å². The van der Waals surface area contributed by atoms with Crippen LogP contribution in [-0.4, -0.2) is 68.7 Å². The van der Waals surface area contributed by atoms with E-state index in [0.717, 1.165) is 0 Å². The summed E-state index contributed by atoms with van der Waals surface area (Å²) < 4.78 is 0. The van der Waals surface area contributed by atoms with Gasteiger partial charge in [0, 0.05) is 27.1 Å². The lowest BCUT2D eigenvalue weighted by molar-refractivity contribution is -0.143. The summed E-state index contributed by atoms with van der Waals surface area (Å²) in [6.45, 7) is 7.74. The monoisotopic (exact) mass is 442 g/mol. The molecule has 0 spiro atoms. The molecule has 1 fully saturated rings. The Bertz CT molecular complexity index is 1040. The summed E-state index contributed by atoms with van der Waals surface area (Å²) in [6, 6.07) is 4.20. The molecule has 0 saturated carbocycles. The largest absolute Gasteiger partial charge is 0.354 e. The summed E-state index contributed by atoms with van der Waals surface area (Å²) in [5.74, 6) is -0.666. The first-order chi connectivity index (χ1) is 14.8. The highest BCUT2D eigenvalue weighted by Crippen LogP contribution is 2.34. The number of nitrogens with one attached hydrogen (secondary N) is 1. The molecule has 0 unspecified atom stereocenters. The van der Waals surface area contributed by atoms with E-state index in [1.807, 2.05) is 6.92 Å². The highest BCUT2D eigenvalue weighted by atomic mass is 35.5. The predicted octanol–water partition coefficient (Wildman–Crippen LogP) is 1.86. The number of aromatic nitrogens is 3. The van der Waals surface area contributed by atoms with E-state index in [1.165, 1.54) is 32.4 Å². The molecule has 10 heteroatoms. The van der Waals surface area contributed by atoms with Gasteiger partial charge in [-0.05, 0) is 36.8 Å². The van der Waals surface area contributed by atoms with Gasteiger partial charge in [-0.2, -0.15) is 0 Å². The van der Waals surface area contributed by atoms with Crippen molar-refractivity contribution in [2.75, 3.05) is 20.1 Å². The van der Waals surface area contributed by atoms with Crippen LogP contribution in [-0.2, 0) is 9.59 Å². The van der Waals surface area contributed by atoms with Crippen molar-refractivity contribution in [2.24, 2.45) is 0 Å². The van der Waals surface area contributed by atoms with Crippen molar-refractivity contribution < 1.29 is 14.4 Å². The number of halogens is 1. The fourth-order valence-electron chi connectivity index (χ4n) is 3.80. The molecule has 2 aromatic heterocycles. The van der Waals surface area contributed by atoms with Gasteiger partial charge in [-0.1, -0.05) is 18.2 Å². The molecular formula is C21H23ClN6O3. The van der Waals surface area contributed by atoms with Gasteiger partial charge in [0.1, 0.15) is 17.2 Å². The Hall–Kier alpha value is -3.33. The number of carbonyl (C=O) groups excluding carboxylic acids is 3. The van der Waals surface area contributed by atoms with Crippen LogP contribution in [0.5, 0.6) is 0 Å². The van der Waals surface area contributed by atoms with E-state index in [0.29, 0.717) is 30.0 Å². The molecule has 0 radical (unpaired) electrons. The lowest BCUT2D eigenvalue weighted by Crippen LogP contribution is -2.56. The highest BCUT2D eigenvalue weighted by Gasteiger charge is 2.38. The molecule has 2 aromatic rings. The maximum absolute atomic E-state index is 12.4. The van der Waals surface area contributed by atoms with Crippen LogP contribution in [0.3, 0.4) is 0 Å². The first-order valence-electron chi connectivity index (χ1n) is 9.69. The van der Waals surface area contributed by atoms with Gasteiger partial charge < -0.3 is 15.1 Å². The number of nitrogens with zero attached hydrogens (tertiary/aromatic N) is 5. The fourth-order valence-corrected chi connectivity index (χ4v) is 4.01.